The fraction of sp³-hybridized carbons (Fsp3) is 0. The van der Waals surface area contributed by atoms with Crippen molar-refractivity contribution in [3.63, 3.8) is 0 Å². The van der Waals surface area contributed by atoms with Gasteiger partial charge in [-0.1, -0.05) is 78.9 Å². The van der Waals surface area contributed by atoms with E-state index in [1.54, 1.807) is 0 Å². The minimum Gasteiger partial charge on any atom is -0.309 e. The standard InChI is InChI=1S/C51H33N5/c1-2-13-40(14-3-1)56-50-33-36(21-23-43(50)44-17-11-27-54-51(44)56)35-22-24-49-45(32-35)42-16-4-5-20-48(42)55(49)41-15-10-12-34(31-41)37-28-38(46-18-6-8-25-52-46)30-39(29-37)47-19-7-9-26-53-47/h1-33H. The first-order valence-corrected chi connectivity index (χ1v) is 18.8. The van der Waals surface area contributed by atoms with Gasteiger partial charge in [-0.05, 0) is 125 Å². The Kier molecular flexibility index (Phi) is 7.42. The summed E-state index contributed by atoms with van der Waals surface area (Å²) in [6.45, 7) is 0. The molecule has 0 amide bonds. The Morgan fingerprint density at radius 1 is 0.286 bits per heavy atom. The van der Waals surface area contributed by atoms with Gasteiger partial charge in [-0.2, -0.15) is 0 Å². The van der Waals surface area contributed by atoms with Gasteiger partial charge in [0.2, 0.25) is 0 Å². The van der Waals surface area contributed by atoms with Gasteiger partial charge in [-0.3, -0.25) is 14.5 Å². The first-order valence-electron chi connectivity index (χ1n) is 18.8. The van der Waals surface area contributed by atoms with Crippen LogP contribution in [-0.2, 0) is 0 Å². The predicted molar refractivity (Wildman–Crippen MR) is 230 cm³/mol. The highest BCUT2D eigenvalue weighted by Gasteiger charge is 2.17. The highest BCUT2D eigenvalue weighted by atomic mass is 15.0. The van der Waals surface area contributed by atoms with Gasteiger partial charge in [-0.15, -0.1) is 0 Å². The number of hydrogen-bond donors (Lipinski definition) is 0. The normalized spacial score (nSPS) is 11.6. The summed E-state index contributed by atoms with van der Waals surface area (Å²) in [5.41, 5.74) is 15.1. The van der Waals surface area contributed by atoms with E-state index in [1.807, 2.05) is 48.9 Å². The molecule has 0 saturated carbocycles. The molecule has 0 aliphatic heterocycles. The van der Waals surface area contributed by atoms with Gasteiger partial charge in [0.1, 0.15) is 5.65 Å². The van der Waals surface area contributed by atoms with Crippen LogP contribution in [0.5, 0.6) is 0 Å². The summed E-state index contributed by atoms with van der Waals surface area (Å²) in [6, 6.07) is 64.7. The molecule has 11 rings (SSSR count). The lowest BCUT2D eigenvalue weighted by Gasteiger charge is -2.13. The molecule has 0 aliphatic carbocycles. The first-order chi connectivity index (χ1) is 27.8. The molecule has 262 valence electrons. The van der Waals surface area contributed by atoms with E-state index in [0.717, 1.165) is 72.6 Å². The Morgan fingerprint density at radius 2 is 0.893 bits per heavy atom. The van der Waals surface area contributed by atoms with Crippen molar-refractivity contribution < 1.29 is 0 Å². The summed E-state index contributed by atoms with van der Waals surface area (Å²) in [5.74, 6) is 0. The zero-order valence-corrected chi connectivity index (χ0v) is 30.3. The topological polar surface area (TPSA) is 48.5 Å². The second kappa shape index (κ2) is 13.0. The molecule has 0 saturated heterocycles. The molecule has 0 bridgehead atoms. The quantitative estimate of drug-likeness (QED) is 0.172. The molecular formula is C51H33N5. The van der Waals surface area contributed by atoms with Gasteiger partial charge >= 0.3 is 0 Å². The molecule has 6 aromatic carbocycles. The number of aromatic nitrogens is 5. The zero-order valence-electron chi connectivity index (χ0n) is 30.3. The molecule has 5 heteroatoms. The molecule has 0 unspecified atom stereocenters. The Hall–Kier alpha value is -7.63. The van der Waals surface area contributed by atoms with Crippen LogP contribution in [0.15, 0.2) is 201 Å². The molecule has 0 spiro atoms. The summed E-state index contributed by atoms with van der Waals surface area (Å²) in [4.78, 5) is 14.2. The average Bonchev–Trinajstić information content (AvgIpc) is 3.79. The maximum Gasteiger partial charge on any atom is 0.145 e. The van der Waals surface area contributed by atoms with Crippen molar-refractivity contribution in [3.8, 4) is 56.1 Å². The lowest BCUT2D eigenvalue weighted by atomic mass is 9.96. The minimum absolute atomic E-state index is 0.929. The van der Waals surface area contributed by atoms with Crippen molar-refractivity contribution in [2.45, 2.75) is 0 Å². The number of benzene rings is 6. The van der Waals surface area contributed by atoms with E-state index in [2.05, 4.69) is 171 Å². The number of fused-ring (bicyclic) bond motifs is 6. The highest BCUT2D eigenvalue weighted by molar-refractivity contribution is 6.12. The molecule has 5 aromatic heterocycles. The van der Waals surface area contributed by atoms with Crippen LogP contribution >= 0.6 is 0 Å². The predicted octanol–water partition coefficient (Wildman–Crippen LogP) is 12.7. The van der Waals surface area contributed by atoms with E-state index in [1.165, 1.54) is 27.2 Å². The van der Waals surface area contributed by atoms with Crippen LogP contribution < -0.4 is 0 Å². The Balaban J connectivity index is 1.06. The third kappa shape index (κ3) is 5.29. The van der Waals surface area contributed by atoms with Gasteiger partial charge in [0.05, 0.1) is 27.9 Å². The largest absolute Gasteiger partial charge is 0.309 e. The van der Waals surface area contributed by atoms with Gasteiger partial charge < -0.3 is 4.57 Å². The molecule has 0 atom stereocenters. The van der Waals surface area contributed by atoms with Crippen molar-refractivity contribution in [2.75, 3.05) is 0 Å². The van der Waals surface area contributed by atoms with Crippen molar-refractivity contribution in [2.24, 2.45) is 0 Å². The summed E-state index contributed by atoms with van der Waals surface area (Å²) in [6.07, 6.45) is 5.56. The fourth-order valence-electron chi connectivity index (χ4n) is 8.27. The molecule has 56 heavy (non-hydrogen) atoms. The minimum atomic E-state index is 0.929. The summed E-state index contributed by atoms with van der Waals surface area (Å²) in [7, 11) is 0. The second-order valence-corrected chi connectivity index (χ2v) is 14.1. The highest BCUT2D eigenvalue weighted by Crippen LogP contribution is 2.39. The molecule has 5 nitrogen and oxygen atoms in total. The van der Waals surface area contributed by atoms with E-state index in [9.17, 15) is 0 Å². The van der Waals surface area contributed by atoms with E-state index < -0.39 is 0 Å². The number of para-hydroxylation sites is 2. The molecule has 0 fully saturated rings. The molecular weight excluding hydrogens is 683 g/mol. The van der Waals surface area contributed by atoms with E-state index in [4.69, 9.17) is 4.98 Å². The Bertz CT molecular complexity index is 3180. The van der Waals surface area contributed by atoms with Gasteiger partial charge in [-0.25, -0.2) is 4.98 Å². The van der Waals surface area contributed by atoms with Gasteiger partial charge in [0, 0.05) is 62.6 Å². The maximum absolute atomic E-state index is 4.82. The lowest BCUT2D eigenvalue weighted by Crippen LogP contribution is -1.95. The summed E-state index contributed by atoms with van der Waals surface area (Å²) >= 11 is 0. The number of nitrogens with zero attached hydrogens (tertiary/aromatic N) is 5. The monoisotopic (exact) mass is 715 g/mol. The third-order valence-corrected chi connectivity index (χ3v) is 10.8. The molecule has 0 aliphatic rings. The molecule has 11 aromatic rings. The van der Waals surface area contributed by atoms with Gasteiger partial charge in [0.25, 0.3) is 0 Å². The number of rotatable bonds is 6. The lowest BCUT2D eigenvalue weighted by molar-refractivity contribution is 1.14. The Morgan fingerprint density at radius 3 is 1.68 bits per heavy atom. The van der Waals surface area contributed by atoms with E-state index in [0.29, 0.717) is 0 Å². The third-order valence-electron chi connectivity index (χ3n) is 10.8. The van der Waals surface area contributed by atoms with Crippen LogP contribution in [0.4, 0.5) is 0 Å². The van der Waals surface area contributed by atoms with E-state index in [-0.39, 0.29) is 0 Å². The van der Waals surface area contributed by atoms with Gasteiger partial charge in [0.15, 0.2) is 0 Å². The van der Waals surface area contributed by atoms with Crippen molar-refractivity contribution in [3.05, 3.63) is 201 Å². The molecule has 0 radical (unpaired) electrons. The second-order valence-electron chi connectivity index (χ2n) is 14.1. The number of hydrogen-bond acceptors (Lipinski definition) is 3. The van der Waals surface area contributed by atoms with Crippen LogP contribution in [0.25, 0.3) is 99.9 Å². The molecule has 0 N–H and O–H groups in total. The maximum atomic E-state index is 4.82. The smallest absolute Gasteiger partial charge is 0.145 e. The Labute approximate surface area is 323 Å². The SMILES string of the molecule is c1ccc(-n2c3cc(-c4ccc5c(c4)c4ccccc4n5-c4cccc(-c5cc(-c6ccccn6)cc(-c6ccccn6)c5)c4)ccc3c3cccnc32)cc1. The average molecular weight is 716 g/mol. The van der Waals surface area contributed by atoms with Crippen LogP contribution in [0.2, 0.25) is 0 Å². The van der Waals surface area contributed by atoms with Crippen molar-refractivity contribution >= 4 is 43.7 Å². The van der Waals surface area contributed by atoms with Crippen molar-refractivity contribution in [1.29, 1.82) is 0 Å². The molecule has 5 heterocycles. The summed E-state index contributed by atoms with van der Waals surface area (Å²) in [5, 5.41) is 4.77. The van der Waals surface area contributed by atoms with Crippen LogP contribution in [-0.4, -0.2) is 24.1 Å². The van der Waals surface area contributed by atoms with Crippen LogP contribution in [0.3, 0.4) is 0 Å². The first kappa shape index (κ1) is 31.9. The van der Waals surface area contributed by atoms with E-state index >= 15 is 0 Å². The van der Waals surface area contributed by atoms with Crippen molar-refractivity contribution in [1.82, 2.24) is 24.1 Å². The summed E-state index contributed by atoms with van der Waals surface area (Å²) < 4.78 is 4.67. The fourth-order valence-corrected chi connectivity index (χ4v) is 8.27. The number of pyridine rings is 3. The van der Waals surface area contributed by atoms with Crippen LogP contribution in [0, 0.1) is 0 Å². The van der Waals surface area contributed by atoms with Crippen LogP contribution in [0.1, 0.15) is 0 Å². The zero-order chi connectivity index (χ0) is 37.0.